The Morgan fingerprint density at radius 1 is 1.05 bits per heavy atom. The van der Waals surface area contributed by atoms with Gasteiger partial charge in [0, 0.05) is 52.0 Å². The lowest BCUT2D eigenvalue weighted by atomic mass is 9.91. The molecule has 2 aromatic rings. The van der Waals surface area contributed by atoms with E-state index in [1.807, 2.05) is 6.07 Å². The monoisotopic (exact) mass is 586 g/mol. The molecule has 7 nitrogen and oxygen atoms in total. The van der Waals surface area contributed by atoms with Crippen LogP contribution in [0.25, 0.3) is 0 Å². The first-order valence-corrected chi connectivity index (χ1v) is 12.9. The second-order valence-electron chi connectivity index (χ2n) is 10.4. The SMILES string of the molecule is CN(C)C(=O)c1ccc(NC2CN(C3CCN(C(=O)[C@@](C)(O)c4cccc(C(F)(F)F)c4)CC3)C2)cc1Cl.S. The lowest BCUT2D eigenvalue weighted by molar-refractivity contribution is -0.153. The van der Waals surface area contributed by atoms with Crippen molar-refractivity contribution < 1.29 is 27.9 Å². The van der Waals surface area contributed by atoms with Crippen molar-refractivity contribution in [2.45, 2.75) is 43.6 Å². The molecule has 2 aromatic carbocycles. The average Bonchev–Trinajstić information content (AvgIpc) is 2.85. The predicted molar refractivity (Wildman–Crippen MR) is 149 cm³/mol. The molecule has 39 heavy (non-hydrogen) atoms. The van der Waals surface area contributed by atoms with Gasteiger partial charge in [-0.2, -0.15) is 26.7 Å². The van der Waals surface area contributed by atoms with Crippen LogP contribution in [0.5, 0.6) is 0 Å². The number of carbonyl (C=O) groups is 2. The van der Waals surface area contributed by atoms with Gasteiger partial charge in [0.1, 0.15) is 0 Å². The Morgan fingerprint density at radius 2 is 1.67 bits per heavy atom. The molecule has 0 bridgehead atoms. The topological polar surface area (TPSA) is 76.1 Å². The van der Waals surface area contributed by atoms with Gasteiger partial charge in [-0.15, -0.1) is 0 Å². The molecular weight excluding hydrogens is 553 g/mol. The van der Waals surface area contributed by atoms with Crippen LogP contribution in [0.4, 0.5) is 18.9 Å². The van der Waals surface area contributed by atoms with Gasteiger partial charge >= 0.3 is 6.18 Å². The van der Waals surface area contributed by atoms with Crippen LogP contribution < -0.4 is 5.32 Å². The Balaban J connectivity index is 0.00000420. The number of anilines is 1. The normalized spacial score (nSPS) is 18.5. The molecule has 2 aliphatic heterocycles. The number of alkyl halides is 3. The van der Waals surface area contributed by atoms with E-state index in [0.717, 1.165) is 30.9 Å². The molecule has 214 valence electrons. The summed E-state index contributed by atoms with van der Waals surface area (Å²) in [7, 11) is 3.35. The number of amides is 2. The summed E-state index contributed by atoms with van der Waals surface area (Å²) in [4.78, 5) is 30.6. The number of carbonyl (C=O) groups excluding carboxylic acids is 2. The maximum absolute atomic E-state index is 13.1. The smallest absolute Gasteiger partial charge is 0.380 e. The number of hydrogen-bond acceptors (Lipinski definition) is 5. The van der Waals surface area contributed by atoms with E-state index in [0.29, 0.717) is 36.5 Å². The van der Waals surface area contributed by atoms with Crippen LogP contribution in [0.15, 0.2) is 42.5 Å². The van der Waals surface area contributed by atoms with E-state index in [-0.39, 0.29) is 37.1 Å². The van der Waals surface area contributed by atoms with Crippen molar-refractivity contribution in [3.63, 3.8) is 0 Å². The molecule has 2 amide bonds. The molecule has 1 atom stereocenters. The van der Waals surface area contributed by atoms with Crippen molar-refractivity contribution >= 4 is 42.6 Å². The predicted octanol–water partition coefficient (Wildman–Crippen LogP) is 4.17. The second kappa shape index (κ2) is 12.0. The fourth-order valence-corrected chi connectivity index (χ4v) is 5.28. The van der Waals surface area contributed by atoms with Crippen molar-refractivity contribution in [3.8, 4) is 0 Å². The Bertz CT molecular complexity index is 1200. The summed E-state index contributed by atoms with van der Waals surface area (Å²) < 4.78 is 39.3. The number of piperidine rings is 1. The number of benzene rings is 2. The van der Waals surface area contributed by atoms with Gasteiger partial charge in [-0.1, -0.05) is 23.7 Å². The highest BCUT2D eigenvalue weighted by atomic mass is 35.5. The molecule has 12 heteroatoms. The first-order valence-electron chi connectivity index (χ1n) is 12.5. The lowest BCUT2D eigenvalue weighted by Gasteiger charge is -2.48. The van der Waals surface area contributed by atoms with Gasteiger partial charge in [-0.3, -0.25) is 14.5 Å². The van der Waals surface area contributed by atoms with E-state index in [9.17, 15) is 27.9 Å². The van der Waals surface area contributed by atoms with Gasteiger partial charge in [0.25, 0.3) is 11.8 Å². The van der Waals surface area contributed by atoms with Crippen molar-refractivity contribution in [2.24, 2.45) is 0 Å². The zero-order chi connectivity index (χ0) is 27.8. The Hall–Kier alpha value is -2.47. The van der Waals surface area contributed by atoms with E-state index in [2.05, 4.69) is 10.2 Å². The standard InChI is InChI=1S/C27H32ClF3N4O3.H2S/c1-26(38,17-5-4-6-18(13-17)27(29,30)31)25(37)34-11-9-21(10-12-34)35-15-20(16-35)32-19-7-8-22(23(28)14-19)24(36)33(2)3;/h4-8,13-14,20-21,32,38H,9-12,15-16H2,1-3H3;1H2/t26-;/m0./s1. The molecule has 0 unspecified atom stereocenters. The summed E-state index contributed by atoms with van der Waals surface area (Å²) in [5.41, 5.74) is -1.73. The van der Waals surface area contributed by atoms with Crippen LogP contribution in [-0.4, -0.2) is 84.0 Å². The number of nitrogens with one attached hydrogen (secondary N) is 1. The Morgan fingerprint density at radius 3 is 2.23 bits per heavy atom. The maximum Gasteiger partial charge on any atom is 0.416 e. The summed E-state index contributed by atoms with van der Waals surface area (Å²) in [6.45, 7) is 3.72. The van der Waals surface area contributed by atoms with E-state index in [1.165, 1.54) is 28.9 Å². The number of rotatable bonds is 6. The van der Waals surface area contributed by atoms with Crippen molar-refractivity contribution in [1.29, 1.82) is 0 Å². The quantitative estimate of drug-likeness (QED) is 0.532. The highest BCUT2D eigenvalue weighted by Gasteiger charge is 2.41. The van der Waals surface area contributed by atoms with Crippen LogP contribution in [0.3, 0.4) is 0 Å². The minimum atomic E-state index is -4.56. The lowest BCUT2D eigenvalue weighted by Crippen LogP contribution is -2.61. The van der Waals surface area contributed by atoms with Crippen LogP contribution in [0, 0.1) is 0 Å². The molecule has 2 fully saturated rings. The molecule has 0 radical (unpaired) electrons. The highest BCUT2D eigenvalue weighted by molar-refractivity contribution is 7.59. The first kappa shape index (κ1) is 31.1. The number of hydrogen-bond donors (Lipinski definition) is 2. The van der Waals surface area contributed by atoms with Crippen molar-refractivity contribution in [1.82, 2.24) is 14.7 Å². The second-order valence-corrected chi connectivity index (χ2v) is 10.8. The van der Waals surface area contributed by atoms with Crippen LogP contribution in [0.1, 0.15) is 41.3 Å². The van der Waals surface area contributed by atoms with Gasteiger partial charge in [0.15, 0.2) is 5.60 Å². The zero-order valence-corrected chi connectivity index (χ0v) is 23.8. The summed E-state index contributed by atoms with van der Waals surface area (Å²) >= 11 is 6.30. The van der Waals surface area contributed by atoms with Crippen molar-refractivity contribution in [2.75, 3.05) is 45.6 Å². The molecule has 4 rings (SSSR count). The fraction of sp³-hybridized carbons (Fsp3) is 0.481. The summed E-state index contributed by atoms with van der Waals surface area (Å²) in [6, 6.07) is 10.1. The number of halogens is 4. The van der Waals surface area contributed by atoms with Gasteiger partial charge < -0.3 is 20.2 Å². The van der Waals surface area contributed by atoms with E-state index in [4.69, 9.17) is 11.6 Å². The fourth-order valence-electron chi connectivity index (χ4n) is 5.02. The summed E-state index contributed by atoms with van der Waals surface area (Å²) in [5.74, 6) is -0.746. The zero-order valence-electron chi connectivity index (χ0n) is 22.1. The van der Waals surface area contributed by atoms with Gasteiger partial charge in [0.2, 0.25) is 0 Å². The molecule has 2 aliphatic rings. The van der Waals surface area contributed by atoms with Crippen LogP contribution >= 0.6 is 25.1 Å². The highest BCUT2D eigenvalue weighted by Crippen LogP contribution is 2.34. The summed E-state index contributed by atoms with van der Waals surface area (Å²) in [6.07, 6.45) is -3.13. The van der Waals surface area contributed by atoms with Gasteiger partial charge in [-0.25, -0.2) is 0 Å². The average molecular weight is 587 g/mol. The molecule has 2 N–H and O–H groups in total. The van der Waals surface area contributed by atoms with Gasteiger partial charge in [-0.05, 0) is 55.7 Å². The largest absolute Gasteiger partial charge is 0.416 e. The van der Waals surface area contributed by atoms with Crippen LogP contribution in [0.2, 0.25) is 5.02 Å². The van der Waals surface area contributed by atoms with E-state index < -0.39 is 23.2 Å². The van der Waals surface area contributed by atoms with E-state index in [1.54, 1.807) is 26.2 Å². The number of aliphatic hydroxyl groups is 1. The van der Waals surface area contributed by atoms with Crippen LogP contribution in [-0.2, 0) is 16.6 Å². The molecule has 2 heterocycles. The molecule has 0 spiro atoms. The third kappa shape index (κ3) is 6.82. The minimum absolute atomic E-state index is 0. The minimum Gasteiger partial charge on any atom is -0.380 e. The molecular formula is C27H34ClF3N4O3S. The third-order valence-corrected chi connectivity index (χ3v) is 7.64. The molecule has 0 aromatic heterocycles. The Kier molecular flexibility index (Phi) is 9.52. The van der Waals surface area contributed by atoms with Gasteiger partial charge in [0.05, 0.1) is 22.2 Å². The number of likely N-dealkylation sites (tertiary alicyclic amines) is 2. The van der Waals surface area contributed by atoms with E-state index >= 15 is 0 Å². The number of nitrogens with zero attached hydrogens (tertiary/aromatic N) is 3. The molecule has 0 saturated carbocycles. The molecule has 0 aliphatic carbocycles. The van der Waals surface area contributed by atoms with Crippen molar-refractivity contribution in [3.05, 3.63) is 64.2 Å². The maximum atomic E-state index is 13.1. The Labute approximate surface area is 238 Å². The summed E-state index contributed by atoms with van der Waals surface area (Å²) in [5, 5.41) is 14.7. The molecule has 2 saturated heterocycles. The third-order valence-electron chi connectivity index (χ3n) is 7.32. The first-order chi connectivity index (χ1) is 17.8.